The summed E-state index contributed by atoms with van der Waals surface area (Å²) in [5, 5.41) is 8.82. The molecule has 1 amide bonds. The minimum atomic E-state index is -2.78. The molecule has 0 spiro atoms. The van der Waals surface area contributed by atoms with Gasteiger partial charge in [-0.15, -0.1) is 0 Å². The van der Waals surface area contributed by atoms with Gasteiger partial charge in [0, 0.05) is 0 Å². The summed E-state index contributed by atoms with van der Waals surface area (Å²) in [5.41, 5.74) is -1.71. The molecular formula is C4H7NO4S. The summed E-state index contributed by atoms with van der Waals surface area (Å²) >= 11 is 0. The summed E-state index contributed by atoms with van der Waals surface area (Å²) in [6.07, 6.45) is 0. The Balaban J connectivity index is 4.58. The molecule has 0 aromatic carbocycles. The van der Waals surface area contributed by atoms with E-state index in [2.05, 4.69) is 4.36 Å². The molecule has 58 valence electrons. The van der Waals surface area contributed by atoms with Crippen molar-refractivity contribution in [2.45, 2.75) is 19.4 Å². The Hall–Kier alpha value is -0.750. The van der Waals surface area contributed by atoms with Crippen LogP contribution in [0, 0.1) is 0 Å². The molecule has 0 saturated heterocycles. The summed E-state index contributed by atoms with van der Waals surface area (Å²) in [6, 6.07) is 0. The molecule has 0 aromatic rings. The van der Waals surface area contributed by atoms with Gasteiger partial charge < -0.3 is 5.11 Å². The van der Waals surface area contributed by atoms with Crippen molar-refractivity contribution in [1.29, 1.82) is 0 Å². The van der Waals surface area contributed by atoms with E-state index in [1.165, 1.54) is 0 Å². The molecule has 0 heterocycles. The minimum Gasteiger partial charge on any atom is -0.380 e. The predicted molar refractivity (Wildman–Crippen MR) is 32.7 cm³/mol. The van der Waals surface area contributed by atoms with Gasteiger partial charge in [0.05, 0.1) is 0 Å². The fourth-order valence-corrected chi connectivity index (χ4v) is 0.538. The highest BCUT2D eigenvalue weighted by Crippen LogP contribution is 2.02. The van der Waals surface area contributed by atoms with E-state index < -0.39 is 22.0 Å². The van der Waals surface area contributed by atoms with Crippen LogP contribution in [0.25, 0.3) is 0 Å². The van der Waals surface area contributed by atoms with Crippen LogP contribution in [0.1, 0.15) is 13.8 Å². The van der Waals surface area contributed by atoms with Gasteiger partial charge in [-0.05, 0) is 13.8 Å². The molecule has 6 heteroatoms. The van der Waals surface area contributed by atoms with Gasteiger partial charge in [0.2, 0.25) is 0 Å². The van der Waals surface area contributed by atoms with Crippen LogP contribution in [0.2, 0.25) is 0 Å². The average Bonchev–Trinajstić information content (AvgIpc) is 1.60. The highest BCUT2D eigenvalue weighted by atomic mass is 32.2. The lowest BCUT2D eigenvalue weighted by Gasteiger charge is -2.08. The molecule has 0 radical (unpaired) electrons. The zero-order valence-electron chi connectivity index (χ0n) is 5.53. The monoisotopic (exact) mass is 165 g/mol. The van der Waals surface area contributed by atoms with E-state index in [0.29, 0.717) is 0 Å². The van der Waals surface area contributed by atoms with E-state index in [-0.39, 0.29) is 0 Å². The van der Waals surface area contributed by atoms with Gasteiger partial charge in [-0.25, -0.2) is 0 Å². The largest absolute Gasteiger partial charge is 0.380 e. The van der Waals surface area contributed by atoms with Crippen molar-refractivity contribution in [3.8, 4) is 0 Å². The summed E-state index contributed by atoms with van der Waals surface area (Å²) in [6.45, 7) is 2.32. The first kappa shape index (κ1) is 9.25. The second-order valence-electron chi connectivity index (χ2n) is 2.17. The first-order chi connectivity index (χ1) is 4.34. The van der Waals surface area contributed by atoms with Crippen molar-refractivity contribution in [2.24, 2.45) is 4.36 Å². The fraction of sp³-hybridized carbons (Fsp3) is 0.750. The minimum absolute atomic E-state index is 1.07. The number of rotatable bonds is 1. The topological polar surface area (TPSA) is 83.8 Å². The molecule has 0 atom stereocenters. The van der Waals surface area contributed by atoms with E-state index in [0.717, 1.165) is 13.8 Å². The Bertz CT molecular complexity index is 249. The maximum atomic E-state index is 10.5. The lowest BCUT2D eigenvalue weighted by molar-refractivity contribution is -0.132. The van der Waals surface area contributed by atoms with Gasteiger partial charge in [-0.1, -0.05) is 4.36 Å². The van der Waals surface area contributed by atoms with Crippen LogP contribution in [0.3, 0.4) is 0 Å². The first-order valence-electron chi connectivity index (χ1n) is 2.42. The van der Waals surface area contributed by atoms with E-state index >= 15 is 0 Å². The van der Waals surface area contributed by atoms with Gasteiger partial charge in [0.25, 0.3) is 5.91 Å². The number of nitrogens with zero attached hydrogens (tertiary/aromatic N) is 1. The number of aliphatic hydroxyl groups is 1. The highest BCUT2D eigenvalue weighted by molar-refractivity contribution is 7.62. The SMILES string of the molecule is CC(C)(O)C(=O)N=S(=O)=O. The van der Waals surface area contributed by atoms with Crippen LogP contribution < -0.4 is 0 Å². The lowest BCUT2D eigenvalue weighted by atomic mass is 10.1. The predicted octanol–water partition coefficient (Wildman–Crippen LogP) is -0.653. The van der Waals surface area contributed by atoms with Crippen molar-refractivity contribution < 1.29 is 18.3 Å². The van der Waals surface area contributed by atoms with Crippen molar-refractivity contribution in [2.75, 3.05) is 0 Å². The molecule has 0 rings (SSSR count). The quantitative estimate of drug-likeness (QED) is 0.559. The van der Waals surface area contributed by atoms with Crippen LogP contribution >= 0.6 is 0 Å². The zero-order chi connectivity index (χ0) is 8.36. The Morgan fingerprint density at radius 2 is 1.90 bits per heavy atom. The van der Waals surface area contributed by atoms with Gasteiger partial charge in [-0.2, -0.15) is 8.42 Å². The third-order valence-electron chi connectivity index (χ3n) is 0.681. The summed E-state index contributed by atoms with van der Waals surface area (Å²) in [4.78, 5) is 10.5. The maximum absolute atomic E-state index is 10.5. The molecule has 5 nitrogen and oxygen atoms in total. The third-order valence-corrected chi connectivity index (χ3v) is 0.996. The number of carbonyl (C=O) groups is 1. The average molecular weight is 165 g/mol. The van der Waals surface area contributed by atoms with Crippen LogP contribution in [0.5, 0.6) is 0 Å². The van der Waals surface area contributed by atoms with Crippen LogP contribution in [-0.4, -0.2) is 25.0 Å². The van der Waals surface area contributed by atoms with Gasteiger partial charge >= 0.3 is 10.5 Å². The van der Waals surface area contributed by atoms with E-state index in [1.807, 2.05) is 0 Å². The molecule has 0 aliphatic heterocycles. The molecule has 1 N–H and O–H groups in total. The number of amides is 1. The van der Waals surface area contributed by atoms with Crippen LogP contribution in [0.4, 0.5) is 0 Å². The summed E-state index contributed by atoms with van der Waals surface area (Å²) in [5.74, 6) is -1.07. The Kier molecular flexibility index (Phi) is 2.67. The molecule has 0 aromatic heterocycles. The second-order valence-corrected chi connectivity index (χ2v) is 2.79. The Labute approximate surface area is 59.4 Å². The van der Waals surface area contributed by atoms with Gasteiger partial charge in [0.1, 0.15) is 5.60 Å². The molecule has 10 heavy (non-hydrogen) atoms. The van der Waals surface area contributed by atoms with Crippen molar-refractivity contribution in [1.82, 2.24) is 0 Å². The Morgan fingerprint density at radius 1 is 1.50 bits per heavy atom. The van der Waals surface area contributed by atoms with Crippen molar-refractivity contribution >= 4 is 16.4 Å². The lowest BCUT2D eigenvalue weighted by Crippen LogP contribution is -2.29. The maximum Gasteiger partial charge on any atom is 0.319 e. The van der Waals surface area contributed by atoms with Crippen molar-refractivity contribution in [3.63, 3.8) is 0 Å². The fourth-order valence-electron chi connectivity index (χ4n) is 0.179. The van der Waals surface area contributed by atoms with E-state index in [9.17, 15) is 13.2 Å². The second kappa shape index (κ2) is 2.89. The molecular weight excluding hydrogens is 158 g/mol. The normalized spacial score (nSPS) is 10.7. The molecule has 0 fully saturated rings. The highest BCUT2D eigenvalue weighted by Gasteiger charge is 2.23. The molecule has 0 saturated carbocycles. The molecule has 0 unspecified atom stereocenters. The number of hydrogen-bond donors (Lipinski definition) is 1. The Morgan fingerprint density at radius 3 is 2.00 bits per heavy atom. The zero-order valence-corrected chi connectivity index (χ0v) is 6.34. The van der Waals surface area contributed by atoms with E-state index in [1.54, 1.807) is 0 Å². The third kappa shape index (κ3) is 3.31. The number of hydrogen-bond acceptors (Lipinski definition) is 4. The standard InChI is InChI=1S/C4H7NO4S/c1-4(2,7)3(6)5-10(8)9/h7H,1-2H3. The summed E-state index contributed by atoms with van der Waals surface area (Å²) in [7, 11) is -2.78. The molecule has 0 bridgehead atoms. The summed E-state index contributed by atoms with van der Waals surface area (Å²) < 4.78 is 22.1. The number of carbonyl (C=O) groups excluding carboxylic acids is 1. The van der Waals surface area contributed by atoms with E-state index in [4.69, 9.17) is 5.11 Å². The van der Waals surface area contributed by atoms with Crippen molar-refractivity contribution in [3.05, 3.63) is 0 Å². The van der Waals surface area contributed by atoms with Crippen LogP contribution in [-0.2, 0) is 15.3 Å². The van der Waals surface area contributed by atoms with Crippen LogP contribution in [0.15, 0.2) is 4.36 Å². The first-order valence-corrected chi connectivity index (χ1v) is 3.45. The van der Waals surface area contributed by atoms with Gasteiger partial charge in [-0.3, -0.25) is 4.79 Å². The smallest absolute Gasteiger partial charge is 0.319 e. The molecule has 0 aliphatic rings. The molecule has 0 aliphatic carbocycles. The van der Waals surface area contributed by atoms with Gasteiger partial charge in [0.15, 0.2) is 0 Å².